The summed E-state index contributed by atoms with van der Waals surface area (Å²) in [4.78, 5) is 17.0. The van der Waals surface area contributed by atoms with Gasteiger partial charge in [0.15, 0.2) is 9.84 Å². The molecule has 1 unspecified atom stereocenters. The third kappa shape index (κ3) is 3.88. The molecule has 0 N–H and O–H groups in total. The molecule has 0 saturated carbocycles. The van der Waals surface area contributed by atoms with E-state index in [0.717, 1.165) is 12.8 Å². The highest BCUT2D eigenvalue weighted by Crippen LogP contribution is 2.40. The van der Waals surface area contributed by atoms with Gasteiger partial charge in [-0.1, -0.05) is 24.3 Å². The fraction of sp³-hybridized carbons (Fsp3) is 0.476. The lowest BCUT2D eigenvalue weighted by molar-refractivity contribution is 0.0679. The molecular weight excluding hydrogens is 394 g/mol. The Bertz CT molecular complexity index is 980. The number of methoxy groups -OCH3 is 1. The van der Waals surface area contributed by atoms with Crippen molar-refractivity contribution in [3.8, 4) is 10.4 Å². The van der Waals surface area contributed by atoms with Crippen LogP contribution in [0, 0.1) is 0 Å². The maximum atomic E-state index is 13.4. The van der Waals surface area contributed by atoms with Crippen molar-refractivity contribution >= 4 is 27.1 Å². The first kappa shape index (κ1) is 19.6. The van der Waals surface area contributed by atoms with Crippen molar-refractivity contribution in [3.63, 3.8) is 0 Å². The molecule has 0 radical (unpaired) electrons. The fourth-order valence-corrected chi connectivity index (χ4v) is 7.13. The average molecular weight is 420 g/mol. The molecule has 7 heteroatoms. The zero-order valence-electron chi connectivity index (χ0n) is 16.0. The van der Waals surface area contributed by atoms with E-state index in [1.165, 1.54) is 21.6 Å². The SMILES string of the molecule is COCCCN(C(=O)c1cc2c(s1)-c1ccccc1CC2)C1CCS(=O)(=O)C1. The van der Waals surface area contributed by atoms with Crippen LogP contribution in [0.15, 0.2) is 30.3 Å². The summed E-state index contributed by atoms with van der Waals surface area (Å²) >= 11 is 1.54. The number of sulfone groups is 1. The second-order valence-electron chi connectivity index (χ2n) is 7.52. The lowest BCUT2D eigenvalue weighted by atomic mass is 9.91. The monoisotopic (exact) mass is 419 g/mol. The Kier molecular flexibility index (Phi) is 5.58. The fourth-order valence-electron chi connectivity index (χ4n) is 4.17. The van der Waals surface area contributed by atoms with Crippen LogP contribution >= 0.6 is 11.3 Å². The summed E-state index contributed by atoms with van der Waals surface area (Å²) in [6.07, 6.45) is 3.16. The molecule has 4 rings (SSSR count). The average Bonchev–Trinajstić information content (AvgIpc) is 3.28. The van der Waals surface area contributed by atoms with Crippen LogP contribution in [0.1, 0.15) is 33.6 Å². The van der Waals surface area contributed by atoms with E-state index in [4.69, 9.17) is 4.74 Å². The molecule has 0 spiro atoms. The maximum absolute atomic E-state index is 13.4. The summed E-state index contributed by atoms with van der Waals surface area (Å²) in [6.45, 7) is 1.07. The topological polar surface area (TPSA) is 63.7 Å². The van der Waals surface area contributed by atoms with Crippen molar-refractivity contribution in [3.05, 3.63) is 46.3 Å². The van der Waals surface area contributed by atoms with E-state index in [-0.39, 0.29) is 23.5 Å². The predicted molar refractivity (Wildman–Crippen MR) is 112 cm³/mol. The normalized spacial score (nSPS) is 19.8. The predicted octanol–water partition coefficient (Wildman–Crippen LogP) is 3.18. The third-order valence-corrected chi connectivity index (χ3v) is 8.55. The standard InChI is InChI=1S/C21H25NO4S2/c1-26-11-4-10-22(17-9-12-28(24,25)14-17)21(23)19-13-16-8-7-15-5-2-3-6-18(15)20(16)27-19/h2-3,5-6,13,17H,4,7-12,14H2,1H3. The van der Waals surface area contributed by atoms with Gasteiger partial charge in [0.1, 0.15) is 0 Å². The molecule has 1 aliphatic heterocycles. The van der Waals surface area contributed by atoms with E-state index in [2.05, 4.69) is 18.2 Å². The number of rotatable bonds is 6. The first-order valence-corrected chi connectivity index (χ1v) is 12.3. The number of hydrogen-bond acceptors (Lipinski definition) is 5. The number of nitrogens with zero attached hydrogens (tertiary/aromatic N) is 1. The molecular formula is C21H25NO4S2. The van der Waals surface area contributed by atoms with Crippen molar-refractivity contribution < 1.29 is 17.9 Å². The molecule has 2 aromatic rings. The molecule has 5 nitrogen and oxygen atoms in total. The van der Waals surface area contributed by atoms with Gasteiger partial charge in [-0.25, -0.2) is 8.42 Å². The Morgan fingerprint density at radius 1 is 1.25 bits per heavy atom. The molecule has 1 aliphatic carbocycles. The summed E-state index contributed by atoms with van der Waals surface area (Å²) in [6, 6.07) is 10.2. The van der Waals surface area contributed by atoms with E-state index >= 15 is 0 Å². The van der Waals surface area contributed by atoms with Gasteiger partial charge in [0.05, 0.1) is 16.4 Å². The quantitative estimate of drug-likeness (QED) is 0.675. The van der Waals surface area contributed by atoms with Crippen LogP contribution in [0.4, 0.5) is 0 Å². The van der Waals surface area contributed by atoms with E-state index in [0.29, 0.717) is 30.9 Å². The van der Waals surface area contributed by atoms with Crippen LogP contribution < -0.4 is 0 Å². The molecule has 2 heterocycles. The summed E-state index contributed by atoms with van der Waals surface area (Å²) < 4.78 is 29.1. The largest absolute Gasteiger partial charge is 0.385 e. The van der Waals surface area contributed by atoms with Gasteiger partial charge in [-0.15, -0.1) is 11.3 Å². The van der Waals surface area contributed by atoms with Crippen molar-refractivity contribution in [2.75, 3.05) is 31.8 Å². The highest BCUT2D eigenvalue weighted by atomic mass is 32.2. The number of ether oxygens (including phenoxy) is 1. The van der Waals surface area contributed by atoms with Gasteiger partial charge in [-0.05, 0) is 48.4 Å². The molecule has 1 atom stereocenters. The van der Waals surface area contributed by atoms with Crippen LogP contribution in [0.5, 0.6) is 0 Å². The van der Waals surface area contributed by atoms with Gasteiger partial charge in [-0.2, -0.15) is 0 Å². The lowest BCUT2D eigenvalue weighted by Gasteiger charge is -2.27. The van der Waals surface area contributed by atoms with Gasteiger partial charge < -0.3 is 9.64 Å². The van der Waals surface area contributed by atoms with E-state index < -0.39 is 9.84 Å². The van der Waals surface area contributed by atoms with E-state index in [9.17, 15) is 13.2 Å². The van der Waals surface area contributed by atoms with Crippen molar-refractivity contribution in [1.29, 1.82) is 0 Å². The van der Waals surface area contributed by atoms with Crippen molar-refractivity contribution in [2.24, 2.45) is 0 Å². The smallest absolute Gasteiger partial charge is 0.264 e. The molecule has 1 amide bonds. The number of benzene rings is 1. The highest BCUT2D eigenvalue weighted by molar-refractivity contribution is 7.91. The van der Waals surface area contributed by atoms with Crippen LogP contribution in [0.2, 0.25) is 0 Å². The van der Waals surface area contributed by atoms with E-state index in [1.54, 1.807) is 23.3 Å². The molecule has 1 fully saturated rings. The maximum Gasteiger partial charge on any atom is 0.264 e. The molecule has 28 heavy (non-hydrogen) atoms. The van der Waals surface area contributed by atoms with Crippen LogP contribution in [0.3, 0.4) is 0 Å². The number of hydrogen-bond donors (Lipinski definition) is 0. The minimum Gasteiger partial charge on any atom is -0.385 e. The number of amides is 1. The van der Waals surface area contributed by atoms with Gasteiger partial charge >= 0.3 is 0 Å². The van der Waals surface area contributed by atoms with Crippen molar-refractivity contribution in [1.82, 2.24) is 4.90 Å². The van der Waals surface area contributed by atoms with Gasteiger partial charge in [0.2, 0.25) is 0 Å². The van der Waals surface area contributed by atoms with Gasteiger partial charge in [-0.3, -0.25) is 4.79 Å². The second kappa shape index (κ2) is 7.97. The zero-order chi connectivity index (χ0) is 19.7. The summed E-state index contributed by atoms with van der Waals surface area (Å²) in [5.74, 6) is 0.190. The number of fused-ring (bicyclic) bond motifs is 3. The van der Waals surface area contributed by atoms with Gasteiger partial charge in [0, 0.05) is 31.2 Å². The number of aryl methyl sites for hydroxylation is 2. The first-order valence-electron chi connectivity index (χ1n) is 9.70. The minimum absolute atomic E-state index is 0.0462. The minimum atomic E-state index is -3.05. The molecule has 1 saturated heterocycles. The zero-order valence-corrected chi connectivity index (χ0v) is 17.7. The molecule has 150 valence electrons. The molecule has 1 aromatic carbocycles. The summed E-state index contributed by atoms with van der Waals surface area (Å²) in [7, 11) is -1.41. The summed E-state index contributed by atoms with van der Waals surface area (Å²) in [5.41, 5.74) is 3.78. The lowest BCUT2D eigenvalue weighted by Crippen LogP contribution is -2.41. The van der Waals surface area contributed by atoms with E-state index in [1.807, 2.05) is 12.1 Å². The summed E-state index contributed by atoms with van der Waals surface area (Å²) in [5, 5.41) is 0. The molecule has 0 bridgehead atoms. The molecule has 1 aromatic heterocycles. The number of carbonyl (C=O) groups is 1. The van der Waals surface area contributed by atoms with Crippen molar-refractivity contribution in [2.45, 2.75) is 31.7 Å². The van der Waals surface area contributed by atoms with Crippen LogP contribution in [0.25, 0.3) is 10.4 Å². The Balaban J connectivity index is 1.62. The Hall–Kier alpha value is -1.70. The Labute approximate surface area is 170 Å². The van der Waals surface area contributed by atoms with Crippen LogP contribution in [-0.2, 0) is 27.4 Å². The third-order valence-electron chi connectivity index (χ3n) is 5.60. The van der Waals surface area contributed by atoms with Crippen LogP contribution in [-0.4, -0.2) is 57.0 Å². The highest BCUT2D eigenvalue weighted by Gasteiger charge is 2.35. The second-order valence-corrected chi connectivity index (χ2v) is 10.8. The van der Waals surface area contributed by atoms with Gasteiger partial charge in [0.25, 0.3) is 5.91 Å². The molecule has 2 aliphatic rings. The number of thiophene rings is 1. The Morgan fingerprint density at radius 3 is 2.79 bits per heavy atom. The number of carbonyl (C=O) groups excluding carboxylic acids is 1. The first-order chi connectivity index (χ1) is 13.5. The Morgan fingerprint density at radius 2 is 2.04 bits per heavy atom.